The standard InChI is InChI=1S/C15H19ClN2O2/c1-10(2)8-15(3)13(19)18(14(20)17-15)9-11-5-4-6-12(16)7-11/h4-7,10H,8-9H2,1-3H3,(H,17,20). The second kappa shape index (κ2) is 5.44. The van der Waals surface area contributed by atoms with E-state index in [9.17, 15) is 9.59 Å². The Morgan fingerprint density at radius 2 is 2.05 bits per heavy atom. The summed E-state index contributed by atoms with van der Waals surface area (Å²) in [5.41, 5.74) is 0.0406. The average Bonchev–Trinajstić information content (AvgIpc) is 2.52. The largest absolute Gasteiger partial charge is 0.325 e. The van der Waals surface area contributed by atoms with Crippen molar-refractivity contribution in [1.29, 1.82) is 0 Å². The monoisotopic (exact) mass is 294 g/mol. The SMILES string of the molecule is CC(C)CC1(C)NC(=O)N(Cc2cccc(Cl)c2)C1=O. The van der Waals surface area contributed by atoms with Crippen LogP contribution < -0.4 is 5.32 Å². The van der Waals surface area contributed by atoms with E-state index in [0.29, 0.717) is 17.4 Å². The molecule has 1 fully saturated rings. The predicted octanol–water partition coefficient (Wildman–Crippen LogP) is 3.20. The molecule has 1 aromatic carbocycles. The van der Waals surface area contributed by atoms with Crippen molar-refractivity contribution in [2.24, 2.45) is 5.92 Å². The van der Waals surface area contributed by atoms with Crippen molar-refractivity contribution in [3.05, 3.63) is 34.9 Å². The first-order valence-corrected chi connectivity index (χ1v) is 7.08. The van der Waals surface area contributed by atoms with Crippen LogP contribution in [0.1, 0.15) is 32.8 Å². The normalized spacial score (nSPS) is 22.6. The molecule has 1 saturated heterocycles. The second-order valence-electron chi connectivity index (χ2n) is 5.88. The molecular formula is C15H19ClN2O2. The van der Waals surface area contributed by atoms with Gasteiger partial charge in [0.15, 0.2) is 0 Å². The molecule has 0 aromatic heterocycles. The number of hydrogen-bond acceptors (Lipinski definition) is 2. The zero-order valence-corrected chi connectivity index (χ0v) is 12.7. The van der Waals surface area contributed by atoms with Crippen molar-refractivity contribution in [1.82, 2.24) is 10.2 Å². The number of amides is 3. The topological polar surface area (TPSA) is 49.4 Å². The second-order valence-corrected chi connectivity index (χ2v) is 6.32. The lowest BCUT2D eigenvalue weighted by atomic mass is 9.91. The fraction of sp³-hybridized carbons (Fsp3) is 0.467. The summed E-state index contributed by atoms with van der Waals surface area (Å²) >= 11 is 5.92. The molecule has 108 valence electrons. The van der Waals surface area contributed by atoms with Crippen LogP contribution in [0.3, 0.4) is 0 Å². The van der Waals surface area contributed by atoms with Crippen molar-refractivity contribution < 1.29 is 9.59 Å². The van der Waals surface area contributed by atoms with Gasteiger partial charge in [-0.3, -0.25) is 9.69 Å². The first kappa shape index (κ1) is 14.9. The van der Waals surface area contributed by atoms with Crippen LogP contribution in [-0.2, 0) is 11.3 Å². The molecule has 4 nitrogen and oxygen atoms in total. The number of halogens is 1. The Bertz CT molecular complexity index is 544. The molecule has 0 aliphatic carbocycles. The van der Waals surface area contributed by atoms with Crippen LogP contribution >= 0.6 is 11.6 Å². The van der Waals surface area contributed by atoms with Gasteiger partial charge < -0.3 is 5.32 Å². The van der Waals surface area contributed by atoms with Crippen molar-refractivity contribution >= 4 is 23.5 Å². The first-order chi connectivity index (χ1) is 9.32. The van der Waals surface area contributed by atoms with Crippen LogP contribution in [0.15, 0.2) is 24.3 Å². The molecule has 20 heavy (non-hydrogen) atoms. The fourth-order valence-electron chi connectivity index (χ4n) is 2.66. The van der Waals surface area contributed by atoms with Gasteiger partial charge in [0, 0.05) is 5.02 Å². The van der Waals surface area contributed by atoms with Crippen LogP contribution in [0, 0.1) is 5.92 Å². The Balaban J connectivity index is 2.17. The van der Waals surface area contributed by atoms with Crippen LogP contribution in [-0.4, -0.2) is 22.4 Å². The lowest BCUT2D eigenvalue weighted by Gasteiger charge is -2.23. The molecule has 5 heteroatoms. The number of urea groups is 1. The molecule has 1 aromatic rings. The third kappa shape index (κ3) is 2.96. The van der Waals surface area contributed by atoms with Crippen molar-refractivity contribution in [3.63, 3.8) is 0 Å². The summed E-state index contributed by atoms with van der Waals surface area (Å²) in [6.07, 6.45) is 0.629. The van der Waals surface area contributed by atoms with Gasteiger partial charge in [-0.25, -0.2) is 4.79 Å². The Morgan fingerprint density at radius 1 is 1.35 bits per heavy atom. The maximum absolute atomic E-state index is 12.5. The summed E-state index contributed by atoms with van der Waals surface area (Å²) < 4.78 is 0. The number of imide groups is 1. The van der Waals surface area contributed by atoms with Gasteiger partial charge in [-0.1, -0.05) is 37.6 Å². The predicted molar refractivity (Wildman–Crippen MR) is 78.4 cm³/mol. The highest BCUT2D eigenvalue weighted by atomic mass is 35.5. The van der Waals surface area contributed by atoms with E-state index >= 15 is 0 Å². The van der Waals surface area contributed by atoms with Gasteiger partial charge >= 0.3 is 6.03 Å². The van der Waals surface area contributed by atoms with Crippen LogP contribution in [0.2, 0.25) is 5.02 Å². The van der Waals surface area contributed by atoms with Crippen molar-refractivity contribution in [3.8, 4) is 0 Å². The Morgan fingerprint density at radius 3 is 2.65 bits per heavy atom. The van der Waals surface area contributed by atoms with E-state index < -0.39 is 5.54 Å². The van der Waals surface area contributed by atoms with Crippen molar-refractivity contribution in [2.45, 2.75) is 39.3 Å². The van der Waals surface area contributed by atoms with Crippen LogP contribution in [0.5, 0.6) is 0 Å². The molecule has 1 atom stereocenters. The van der Waals surface area contributed by atoms with Gasteiger partial charge in [0.05, 0.1) is 6.54 Å². The summed E-state index contributed by atoms with van der Waals surface area (Å²) in [5.74, 6) is 0.159. The zero-order chi connectivity index (χ0) is 14.9. The quantitative estimate of drug-likeness (QED) is 0.867. The van der Waals surface area contributed by atoms with E-state index in [0.717, 1.165) is 5.56 Å². The highest BCUT2D eigenvalue weighted by molar-refractivity contribution is 6.30. The maximum atomic E-state index is 12.5. The van der Waals surface area contributed by atoms with Crippen LogP contribution in [0.4, 0.5) is 4.79 Å². The number of nitrogens with zero attached hydrogens (tertiary/aromatic N) is 1. The fourth-order valence-corrected chi connectivity index (χ4v) is 2.88. The maximum Gasteiger partial charge on any atom is 0.325 e. The lowest BCUT2D eigenvalue weighted by Crippen LogP contribution is -2.44. The highest BCUT2D eigenvalue weighted by Gasteiger charge is 2.47. The number of carbonyl (C=O) groups excluding carboxylic acids is 2. The Hall–Kier alpha value is -1.55. The van der Waals surface area contributed by atoms with E-state index in [1.807, 2.05) is 26.0 Å². The summed E-state index contributed by atoms with van der Waals surface area (Å²) in [4.78, 5) is 25.8. The number of benzene rings is 1. The summed E-state index contributed by atoms with van der Waals surface area (Å²) in [6, 6.07) is 6.85. The molecule has 1 unspecified atom stereocenters. The Kier molecular flexibility index (Phi) is 4.04. The van der Waals surface area contributed by atoms with Gasteiger partial charge in [0.25, 0.3) is 5.91 Å². The molecule has 0 bridgehead atoms. The number of hydrogen-bond donors (Lipinski definition) is 1. The van der Waals surface area contributed by atoms with Gasteiger partial charge in [-0.2, -0.15) is 0 Å². The van der Waals surface area contributed by atoms with E-state index in [1.165, 1.54) is 4.90 Å². The summed E-state index contributed by atoms with van der Waals surface area (Å²) in [5, 5.41) is 3.40. The van der Waals surface area contributed by atoms with Gasteiger partial charge in [-0.15, -0.1) is 0 Å². The Labute approximate surface area is 124 Å². The number of nitrogens with one attached hydrogen (secondary N) is 1. The molecular weight excluding hydrogens is 276 g/mol. The third-order valence-electron chi connectivity index (χ3n) is 3.39. The molecule has 1 aliphatic heterocycles. The average molecular weight is 295 g/mol. The minimum absolute atomic E-state index is 0.170. The van der Waals surface area contributed by atoms with E-state index in [1.54, 1.807) is 19.1 Å². The minimum atomic E-state index is -0.802. The smallest absolute Gasteiger partial charge is 0.323 e. The lowest BCUT2D eigenvalue weighted by molar-refractivity contribution is -0.131. The molecule has 1 aliphatic rings. The van der Waals surface area contributed by atoms with Gasteiger partial charge in [0.1, 0.15) is 5.54 Å². The molecule has 0 spiro atoms. The van der Waals surface area contributed by atoms with Gasteiger partial charge in [0.2, 0.25) is 0 Å². The zero-order valence-electron chi connectivity index (χ0n) is 11.9. The third-order valence-corrected chi connectivity index (χ3v) is 3.63. The number of rotatable bonds is 4. The molecule has 0 saturated carbocycles. The van der Waals surface area contributed by atoms with E-state index in [-0.39, 0.29) is 18.5 Å². The number of carbonyl (C=O) groups is 2. The van der Waals surface area contributed by atoms with Crippen molar-refractivity contribution in [2.75, 3.05) is 0 Å². The highest BCUT2D eigenvalue weighted by Crippen LogP contribution is 2.26. The first-order valence-electron chi connectivity index (χ1n) is 6.70. The van der Waals surface area contributed by atoms with E-state index in [4.69, 9.17) is 11.6 Å². The van der Waals surface area contributed by atoms with E-state index in [2.05, 4.69) is 5.32 Å². The molecule has 1 heterocycles. The molecule has 2 rings (SSSR count). The van der Waals surface area contributed by atoms with Gasteiger partial charge in [-0.05, 0) is 37.0 Å². The summed E-state index contributed by atoms with van der Waals surface area (Å²) in [7, 11) is 0. The van der Waals surface area contributed by atoms with Crippen LogP contribution in [0.25, 0.3) is 0 Å². The molecule has 0 radical (unpaired) electrons. The summed E-state index contributed by atoms with van der Waals surface area (Å²) in [6.45, 7) is 6.10. The minimum Gasteiger partial charge on any atom is -0.323 e. The molecule has 1 N–H and O–H groups in total. The molecule has 3 amide bonds.